The van der Waals surface area contributed by atoms with Gasteiger partial charge in [0, 0.05) is 6.04 Å². The van der Waals surface area contributed by atoms with Crippen molar-refractivity contribution >= 4 is 10.0 Å². The second-order valence-corrected chi connectivity index (χ2v) is 5.73. The molecule has 0 amide bonds. The number of benzene rings is 1. The highest BCUT2D eigenvalue weighted by molar-refractivity contribution is 7.89. The Labute approximate surface area is 105 Å². The van der Waals surface area contributed by atoms with Crippen molar-refractivity contribution in [3.8, 4) is 5.75 Å². The van der Waals surface area contributed by atoms with Crippen LogP contribution in [-0.2, 0) is 10.0 Å². The number of alkyl halides is 2. The summed E-state index contributed by atoms with van der Waals surface area (Å²) in [6, 6.07) is 5.41. The standard InChI is InChI=1S/C11H15F2NO3S/c1-3-18(15,16)14-8(2)9-4-6-10(7-5-9)17-11(12)13/h4-8,11,14H,3H2,1-2H3/t8-/m0/s1. The van der Waals surface area contributed by atoms with E-state index in [-0.39, 0.29) is 11.5 Å². The third-order valence-corrected chi connectivity index (χ3v) is 3.81. The summed E-state index contributed by atoms with van der Waals surface area (Å²) in [5.74, 6) is 0.0310. The number of ether oxygens (including phenoxy) is 1. The van der Waals surface area contributed by atoms with Gasteiger partial charge in [0.05, 0.1) is 5.75 Å². The predicted molar refractivity (Wildman–Crippen MR) is 64.1 cm³/mol. The molecule has 18 heavy (non-hydrogen) atoms. The fraction of sp³-hybridized carbons (Fsp3) is 0.455. The van der Waals surface area contributed by atoms with Gasteiger partial charge in [-0.25, -0.2) is 13.1 Å². The minimum Gasteiger partial charge on any atom is -0.435 e. The Morgan fingerprint density at radius 3 is 2.28 bits per heavy atom. The molecule has 0 aromatic heterocycles. The number of rotatable bonds is 6. The lowest BCUT2D eigenvalue weighted by molar-refractivity contribution is -0.0498. The molecule has 0 bridgehead atoms. The van der Waals surface area contributed by atoms with Crippen LogP contribution in [0.3, 0.4) is 0 Å². The summed E-state index contributed by atoms with van der Waals surface area (Å²) < 4.78 is 53.3. The zero-order valence-electron chi connectivity index (χ0n) is 10.1. The maximum Gasteiger partial charge on any atom is 0.387 e. The van der Waals surface area contributed by atoms with E-state index in [1.165, 1.54) is 19.1 Å². The van der Waals surface area contributed by atoms with Gasteiger partial charge in [-0.15, -0.1) is 0 Å². The third kappa shape index (κ3) is 4.58. The number of sulfonamides is 1. The van der Waals surface area contributed by atoms with Crippen LogP contribution in [0.5, 0.6) is 5.75 Å². The molecule has 0 aliphatic heterocycles. The molecular formula is C11H15F2NO3S. The van der Waals surface area contributed by atoms with Crippen LogP contribution in [0.1, 0.15) is 25.5 Å². The molecule has 0 saturated heterocycles. The first-order chi connectivity index (χ1) is 8.34. The molecular weight excluding hydrogens is 264 g/mol. The molecule has 0 unspecified atom stereocenters. The van der Waals surface area contributed by atoms with Gasteiger partial charge in [0.1, 0.15) is 5.75 Å². The van der Waals surface area contributed by atoms with E-state index in [4.69, 9.17) is 0 Å². The van der Waals surface area contributed by atoms with Crippen LogP contribution in [0.15, 0.2) is 24.3 Å². The molecule has 0 aliphatic rings. The quantitative estimate of drug-likeness (QED) is 0.869. The van der Waals surface area contributed by atoms with Gasteiger partial charge in [0.2, 0.25) is 10.0 Å². The molecule has 0 heterocycles. The molecule has 0 radical (unpaired) electrons. The highest BCUT2D eigenvalue weighted by atomic mass is 32.2. The largest absolute Gasteiger partial charge is 0.435 e. The Kier molecular flexibility index (Phi) is 5.03. The Balaban J connectivity index is 2.73. The molecule has 0 aliphatic carbocycles. The molecule has 1 rings (SSSR count). The lowest BCUT2D eigenvalue weighted by Gasteiger charge is -2.14. The van der Waals surface area contributed by atoms with Crippen molar-refractivity contribution in [2.24, 2.45) is 0 Å². The van der Waals surface area contributed by atoms with Crippen LogP contribution in [0.25, 0.3) is 0 Å². The average molecular weight is 279 g/mol. The lowest BCUT2D eigenvalue weighted by atomic mass is 10.1. The Hall–Kier alpha value is -1.21. The fourth-order valence-corrected chi connectivity index (χ4v) is 2.20. The normalized spacial score (nSPS) is 13.6. The van der Waals surface area contributed by atoms with E-state index in [1.54, 1.807) is 19.1 Å². The van der Waals surface area contributed by atoms with Crippen molar-refractivity contribution in [2.75, 3.05) is 5.75 Å². The van der Waals surface area contributed by atoms with Gasteiger partial charge in [0.15, 0.2) is 0 Å². The van der Waals surface area contributed by atoms with Gasteiger partial charge in [-0.1, -0.05) is 12.1 Å². The zero-order chi connectivity index (χ0) is 13.8. The Morgan fingerprint density at radius 2 is 1.83 bits per heavy atom. The molecule has 7 heteroatoms. The van der Waals surface area contributed by atoms with Crippen LogP contribution in [0, 0.1) is 0 Å². The second-order valence-electron chi connectivity index (χ2n) is 3.69. The third-order valence-electron chi connectivity index (χ3n) is 2.34. The van der Waals surface area contributed by atoms with Crippen LogP contribution in [0.4, 0.5) is 8.78 Å². The SMILES string of the molecule is CCS(=O)(=O)N[C@@H](C)c1ccc(OC(F)F)cc1. The fourth-order valence-electron chi connectivity index (χ4n) is 1.36. The first kappa shape index (κ1) is 14.8. The average Bonchev–Trinajstić information content (AvgIpc) is 2.28. The van der Waals surface area contributed by atoms with Crippen LogP contribution in [0.2, 0.25) is 0 Å². The van der Waals surface area contributed by atoms with Gasteiger partial charge in [-0.2, -0.15) is 8.78 Å². The van der Waals surface area contributed by atoms with Gasteiger partial charge in [-0.3, -0.25) is 0 Å². The van der Waals surface area contributed by atoms with Crippen LogP contribution < -0.4 is 9.46 Å². The number of nitrogens with one attached hydrogen (secondary N) is 1. The van der Waals surface area contributed by atoms with Gasteiger partial charge in [-0.05, 0) is 31.5 Å². The molecule has 1 atom stereocenters. The molecule has 1 N–H and O–H groups in total. The summed E-state index contributed by atoms with van der Waals surface area (Å²) >= 11 is 0. The van der Waals surface area contributed by atoms with E-state index < -0.39 is 22.7 Å². The number of hydrogen-bond donors (Lipinski definition) is 1. The van der Waals surface area contributed by atoms with Crippen molar-refractivity contribution in [1.82, 2.24) is 4.72 Å². The van der Waals surface area contributed by atoms with Crippen molar-refractivity contribution in [3.63, 3.8) is 0 Å². The van der Waals surface area contributed by atoms with Crippen molar-refractivity contribution in [3.05, 3.63) is 29.8 Å². The molecule has 0 saturated carbocycles. The minimum atomic E-state index is -3.30. The van der Waals surface area contributed by atoms with E-state index in [0.717, 1.165) is 0 Å². The summed E-state index contributed by atoms with van der Waals surface area (Å²) in [4.78, 5) is 0. The van der Waals surface area contributed by atoms with Gasteiger partial charge >= 0.3 is 6.61 Å². The van der Waals surface area contributed by atoms with Gasteiger partial charge in [0.25, 0.3) is 0 Å². The summed E-state index contributed by atoms with van der Waals surface area (Å²) in [5.41, 5.74) is 0.675. The van der Waals surface area contributed by atoms with E-state index >= 15 is 0 Å². The van der Waals surface area contributed by atoms with Crippen molar-refractivity contribution < 1.29 is 21.9 Å². The van der Waals surface area contributed by atoms with Crippen LogP contribution in [-0.4, -0.2) is 20.8 Å². The number of hydrogen-bond acceptors (Lipinski definition) is 3. The zero-order valence-corrected chi connectivity index (χ0v) is 10.9. The smallest absolute Gasteiger partial charge is 0.387 e. The molecule has 4 nitrogen and oxygen atoms in total. The topological polar surface area (TPSA) is 55.4 Å². The maximum atomic E-state index is 11.9. The maximum absolute atomic E-state index is 11.9. The highest BCUT2D eigenvalue weighted by Gasteiger charge is 2.13. The number of halogens is 2. The first-order valence-corrected chi connectivity index (χ1v) is 7.04. The molecule has 0 fully saturated rings. The van der Waals surface area contributed by atoms with Crippen molar-refractivity contribution in [1.29, 1.82) is 0 Å². The Bertz CT molecular complexity index is 474. The van der Waals surface area contributed by atoms with E-state index in [0.29, 0.717) is 5.56 Å². The monoisotopic (exact) mass is 279 g/mol. The predicted octanol–water partition coefficient (Wildman–Crippen LogP) is 2.29. The summed E-state index contributed by atoms with van der Waals surface area (Å²) in [6.45, 7) is 0.344. The molecule has 1 aromatic rings. The van der Waals surface area contributed by atoms with E-state index in [2.05, 4.69) is 9.46 Å². The van der Waals surface area contributed by atoms with Gasteiger partial charge < -0.3 is 4.74 Å². The summed E-state index contributed by atoms with van der Waals surface area (Å²) in [6.07, 6.45) is 0. The minimum absolute atomic E-state index is 0.0100. The second kappa shape index (κ2) is 6.10. The van der Waals surface area contributed by atoms with E-state index in [9.17, 15) is 17.2 Å². The molecule has 0 spiro atoms. The summed E-state index contributed by atoms with van der Waals surface area (Å²) in [5, 5.41) is 0. The highest BCUT2D eigenvalue weighted by Crippen LogP contribution is 2.19. The van der Waals surface area contributed by atoms with Crippen LogP contribution >= 0.6 is 0 Å². The van der Waals surface area contributed by atoms with Crippen molar-refractivity contribution in [2.45, 2.75) is 26.5 Å². The Morgan fingerprint density at radius 1 is 1.28 bits per heavy atom. The first-order valence-electron chi connectivity index (χ1n) is 5.39. The molecule has 102 valence electrons. The summed E-state index contributed by atoms with van der Waals surface area (Å²) in [7, 11) is -3.30. The van der Waals surface area contributed by atoms with E-state index in [1.807, 2.05) is 0 Å². The lowest BCUT2D eigenvalue weighted by Crippen LogP contribution is -2.28. The molecule has 1 aromatic carbocycles.